The van der Waals surface area contributed by atoms with E-state index < -0.39 is 0 Å². The summed E-state index contributed by atoms with van der Waals surface area (Å²) in [7, 11) is 0. The molecule has 0 spiro atoms. The summed E-state index contributed by atoms with van der Waals surface area (Å²) in [5.41, 5.74) is 5.20. The zero-order chi connectivity index (χ0) is 21.1. The SMILES string of the molecule is Cc1cc(C(=O)NOc2ccccc2)ccc1N1C(=O)CSC1c1ccc(F)cc1. The van der Waals surface area contributed by atoms with Crippen LogP contribution in [0.4, 0.5) is 10.1 Å². The van der Waals surface area contributed by atoms with Crippen molar-refractivity contribution in [1.29, 1.82) is 0 Å². The second-order valence-electron chi connectivity index (χ2n) is 6.83. The number of aryl methyl sites for hydroxylation is 1. The van der Waals surface area contributed by atoms with Crippen LogP contribution in [0.3, 0.4) is 0 Å². The number of carbonyl (C=O) groups is 2. The van der Waals surface area contributed by atoms with Crippen molar-refractivity contribution in [2.45, 2.75) is 12.3 Å². The molecule has 0 aliphatic carbocycles. The topological polar surface area (TPSA) is 58.6 Å². The average Bonchev–Trinajstić information content (AvgIpc) is 3.14. The Hall–Kier alpha value is -3.32. The summed E-state index contributed by atoms with van der Waals surface area (Å²) in [5.74, 6) is 0.145. The highest BCUT2D eigenvalue weighted by molar-refractivity contribution is 8.00. The van der Waals surface area contributed by atoms with E-state index in [9.17, 15) is 14.0 Å². The Bertz CT molecular complexity index is 1070. The quantitative estimate of drug-likeness (QED) is 0.609. The predicted octanol–water partition coefficient (Wildman–Crippen LogP) is 4.64. The van der Waals surface area contributed by atoms with Crippen LogP contribution in [-0.2, 0) is 4.79 Å². The number of benzene rings is 3. The van der Waals surface area contributed by atoms with Gasteiger partial charge in [-0.05, 0) is 60.5 Å². The molecule has 0 bridgehead atoms. The number of para-hydroxylation sites is 1. The fraction of sp³-hybridized carbons (Fsp3) is 0.130. The van der Waals surface area contributed by atoms with Crippen molar-refractivity contribution >= 4 is 29.3 Å². The first-order chi connectivity index (χ1) is 14.5. The standard InChI is InChI=1S/C23H19FN2O3S/c1-15-13-17(22(28)25-29-19-5-3-2-4-6-19)9-12-20(15)26-21(27)14-30-23(26)16-7-10-18(24)11-8-16/h2-13,23H,14H2,1H3,(H,25,28). The van der Waals surface area contributed by atoms with E-state index in [1.807, 2.05) is 25.1 Å². The van der Waals surface area contributed by atoms with Gasteiger partial charge < -0.3 is 4.84 Å². The van der Waals surface area contributed by atoms with Crippen LogP contribution >= 0.6 is 11.8 Å². The second kappa shape index (κ2) is 8.59. The summed E-state index contributed by atoms with van der Waals surface area (Å²) in [5, 5.41) is -0.238. The van der Waals surface area contributed by atoms with Crippen LogP contribution < -0.4 is 15.2 Å². The minimum Gasteiger partial charge on any atom is -0.379 e. The van der Waals surface area contributed by atoms with Gasteiger partial charge >= 0.3 is 0 Å². The van der Waals surface area contributed by atoms with E-state index in [1.165, 1.54) is 23.9 Å². The number of nitrogens with zero attached hydrogens (tertiary/aromatic N) is 1. The molecule has 1 unspecified atom stereocenters. The number of anilines is 1. The summed E-state index contributed by atoms with van der Waals surface area (Å²) in [6, 6.07) is 20.2. The van der Waals surface area contributed by atoms with Gasteiger partial charge in [0.15, 0.2) is 5.75 Å². The number of hydrogen-bond donors (Lipinski definition) is 1. The number of hydroxylamine groups is 1. The number of halogens is 1. The monoisotopic (exact) mass is 422 g/mol. The molecule has 7 heteroatoms. The van der Waals surface area contributed by atoms with E-state index in [1.54, 1.807) is 47.4 Å². The van der Waals surface area contributed by atoms with Crippen molar-refractivity contribution in [3.63, 3.8) is 0 Å². The lowest BCUT2D eigenvalue weighted by Crippen LogP contribution is -2.29. The fourth-order valence-corrected chi connectivity index (χ4v) is 4.45. The van der Waals surface area contributed by atoms with Crippen LogP contribution in [0.2, 0.25) is 0 Å². The maximum absolute atomic E-state index is 13.3. The molecule has 3 aromatic carbocycles. The molecule has 1 saturated heterocycles. The minimum atomic E-state index is -0.384. The van der Waals surface area contributed by atoms with Crippen LogP contribution in [-0.4, -0.2) is 17.6 Å². The lowest BCUT2D eigenvalue weighted by atomic mass is 10.1. The van der Waals surface area contributed by atoms with Crippen LogP contribution in [0.5, 0.6) is 5.75 Å². The molecule has 1 N–H and O–H groups in total. The Balaban J connectivity index is 1.53. The highest BCUT2D eigenvalue weighted by Gasteiger charge is 2.34. The first kappa shape index (κ1) is 20.0. The lowest BCUT2D eigenvalue weighted by molar-refractivity contribution is -0.115. The highest BCUT2D eigenvalue weighted by Crippen LogP contribution is 2.42. The third kappa shape index (κ3) is 4.16. The van der Waals surface area contributed by atoms with Crippen LogP contribution in [0.25, 0.3) is 0 Å². The van der Waals surface area contributed by atoms with E-state index in [4.69, 9.17) is 4.84 Å². The Kier molecular flexibility index (Phi) is 5.72. The molecular formula is C23H19FN2O3S. The molecule has 0 radical (unpaired) electrons. The van der Waals surface area contributed by atoms with Gasteiger partial charge in [0.25, 0.3) is 5.91 Å². The predicted molar refractivity (Wildman–Crippen MR) is 115 cm³/mol. The first-order valence-electron chi connectivity index (χ1n) is 9.35. The summed E-state index contributed by atoms with van der Waals surface area (Å²) >= 11 is 1.49. The molecule has 30 heavy (non-hydrogen) atoms. The second-order valence-corrected chi connectivity index (χ2v) is 7.89. The van der Waals surface area contributed by atoms with E-state index in [0.29, 0.717) is 17.1 Å². The molecule has 1 atom stereocenters. The Morgan fingerprint density at radius 3 is 2.53 bits per heavy atom. The summed E-state index contributed by atoms with van der Waals surface area (Å²) in [4.78, 5) is 32.0. The van der Waals surface area contributed by atoms with Crippen LogP contribution in [0, 0.1) is 12.7 Å². The minimum absolute atomic E-state index is 0.0259. The number of carbonyl (C=O) groups excluding carboxylic acids is 2. The smallest absolute Gasteiger partial charge is 0.283 e. The van der Waals surface area contributed by atoms with E-state index in [-0.39, 0.29) is 23.0 Å². The average molecular weight is 422 g/mol. The zero-order valence-electron chi connectivity index (χ0n) is 16.2. The van der Waals surface area contributed by atoms with Crippen molar-refractivity contribution in [2.24, 2.45) is 0 Å². The number of thioether (sulfide) groups is 1. The van der Waals surface area contributed by atoms with Gasteiger partial charge in [-0.25, -0.2) is 4.39 Å². The number of hydrogen-bond acceptors (Lipinski definition) is 4. The molecule has 4 rings (SSSR count). The molecule has 1 aliphatic rings. The van der Waals surface area contributed by atoms with Gasteiger partial charge in [-0.3, -0.25) is 14.5 Å². The molecule has 1 aliphatic heterocycles. The lowest BCUT2D eigenvalue weighted by Gasteiger charge is -2.26. The van der Waals surface area contributed by atoms with Crippen LogP contribution in [0.15, 0.2) is 72.8 Å². The third-order valence-corrected chi connectivity index (χ3v) is 5.96. The van der Waals surface area contributed by atoms with Crippen molar-refractivity contribution in [3.8, 4) is 5.75 Å². The van der Waals surface area contributed by atoms with Gasteiger partial charge in [0.05, 0.1) is 5.75 Å². The molecule has 1 heterocycles. The van der Waals surface area contributed by atoms with Crippen molar-refractivity contribution < 1.29 is 18.8 Å². The molecule has 5 nitrogen and oxygen atoms in total. The molecule has 0 saturated carbocycles. The van der Waals surface area contributed by atoms with Gasteiger partial charge in [0.1, 0.15) is 11.2 Å². The Labute approximate surface area is 177 Å². The van der Waals surface area contributed by atoms with Gasteiger partial charge in [0.2, 0.25) is 5.91 Å². The molecule has 1 fully saturated rings. The normalized spacial score (nSPS) is 15.9. The van der Waals surface area contributed by atoms with E-state index in [0.717, 1.165) is 16.8 Å². The van der Waals surface area contributed by atoms with Crippen molar-refractivity contribution in [3.05, 3.63) is 95.3 Å². The molecule has 2 amide bonds. The van der Waals surface area contributed by atoms with Gasteiger partial charge in [0, 0.05) is 11.3 Å². The number of nitrogens with one attached hydrogen (secondary N) is 1. The molecular weight excluding hydrogens is 403 g/mol. The number of amides is 2. The summed E-state index contributed by atoms with van der Waals surface area (Å²) in [6.45, 7) is 1.85. The van der Waals surface area contributed by atoms with Crippen molar-refractivity contribution in [2.75, 3.05) is 10.7 Å². The molecule has 152 valence electrons. The van der Waals surface area contributed by atoms with Gasteiger partial charge in [-0.1, -0.05) is 30.3 Å². The maximum Gasteiger partial charge on any atom is 0.283 e. The fourth-order valence-electron chi connectivity index (χ4n) is 3.28. The van der Waals surface area contributed by atoms with Crippen molar-refractivity contribution in [1.82, 2.24) is 5.48 Å². The van der Waals surface area contributed by atoms with Crippen LogP contribution in [0.1, 0.15) is 26.9 Å². The Morgan fingerprint density at radius 2 is 1.83 bits per heavy atom. The first-order valence-corrected chi connectivity index (χ1v) is 10.4. The largest absolute Gasteiger partial charge is 0.379 e. The maximum atomic E-state index is 13.3. The summed E-state index contributed by atoms with van der Waals surface area (Å²) < 4.78 is 13.3. The van der Waals surface area contributed by atoms with E-state index >= 15 is 0 Å². The highest BCUT2D eigenvalue weighted by atomic mass is 32.2. The third-order valence-electron chi connectivity index (χ3n) is 4.75. The van der Waals surface area contributed by atoms with Gasteiger partial charge in [-0.2, -0.15) is 5.48 Å². The van der Waals surface area contributed by atoms with E-state index in [2.05, 4.69) is 5.48 Å². The Morgan fingerprint density at radius 1 is 1.10 bits per heavy atom. The van der Waals surface area contributed by atoms with Gasteiger partial charge in [-0.15, -0.1) is 11.8 Å². The summed E-state index contributed by atoms with van der Waals surface area (Å²) in [6.07, 6.45) is 0. The zero-order valence-corrected chi connectivity index (χ0v) is 17.0. The molecule has 0 aromatic heterocycles. The molecule has 3 aromatic rings. The number of rotatable bonds is 5.